The number of carbonyl (C=O) groups is 3. The quantitative estimate of drug-likeness (QED) is 0.243. The molecule has 0 aromatic heterocycles. The lowest BCUT2D eigenvalue weighted by atomic mass is 9.81. The number of hydrogen-bond acceptors (Lipinski definition) is 6. The van der Waals surface area contributed by atoms with Gasteiger partial charge in [-0.1, -0.05) is 18.7 Å². The zero-order chi connectivity index (χ0) is 26.4. The molecule has 4 rings (SSSR count). The third-order valence-electron chi connectivity index (χ3n) is 7.35. The van der Waals surface area contributed by atoms with Gasteiger partial charge in [-0.25, -0.2) is 9.59 Å². The summed E-state index contributed by atoms with van der Waals surface area (Å²) >= 11 is 0. The second-order valence-electron chi connectivity index (χ2n) is 9.71. The lowest BCUT2D eigenvalue weighted by molar-refractivity contribution is -0.162. The Bertz CT molecular complexity index is 1160. The van der Waals surface area contributed by atoms with Gasteiger partial charge in [-0.05, 0) is 68.0 Å². The van der Waals surface area contributed by atoms with Gasteiger partial charge in [0.15, 0.2) is 0 Å². The molecule has 1 saturated carbocycles. The normalized spacial score (nSPS) is 30.1. The van der Waals surface area contributed by atoms with Crippen molar-refractivity contribution < 1.29 is 41.8 Å². The highest BCUT2D eigenvalue weighted by Gasteiger charge is 2.56. The number of hydrogen-bond donors (Lipinski definition) is 0. The van der Waals surface area contributed by atoms with Gasteiger partial charge < -0.3 is 14.2 Å². The van der Waals surface area contributed by atoms with Gasteiger partial charge in [0, 0.05) is 30.4 Å². The van der Waals surface area contributed by atoms with Gasteiger partial charge in [0.05, 0.1) is 5.56 Å². The molecule has 5 atom stereocenters. The SMILES string of the molecule is C=C1C(=O)O[C@@H]2C3=C(C)[C@@H](OC(=O)/C=C/c4ccc(C(F)(F)F)cc4)CC3[C@](C)(OC(C)=O)CC[C@@H]12. The van der Waals surface area contributed by atoms with Gasteiger partial charge in [0.25, 0.3) is 0 Å². The first kappa shape index (κ1) is 25.7. The average molecular weight is 505 g/mol. The van der Waals surface area contributed by atoms with E-state index in [9.17, 15) is 27.6 Å². The van der Waals surface area contributed by atoms with E-state index < -0.39 is 47.5 Å². The molecule has 3 aliphatic rings. The van der Waals surface area contributed by atoms with E-state index in [0.29, 0.717) is 30.4 Å². The fraction of sp³-hybridized carbons (Fsp3) is 0.444. The molecule has 0 radical (unpaired) electrons. The predicted octanol–water partition coefficient (Wildman–Crippen LogP) is 5.18. The van der Waals surface area contributed by atoms with Crippen molar-refractivity contribution in [2.45, 2.75) is 64.0 Å². The largest absolute Gasteiger partial charge is 0.459 e. The Morgan fingerprint density at radius 1 is 1.22 bits per heavy atom. The Morgan fingerprint density at radius 2 is 1.89 bits per heavy atom. The topological polar surface area (TPSA) is 78.9 Å². The predicted molar refractivity (Wildman–Crippen MR) is 123 cm³/mol. The van der Waals surface area contributed by atoms with Crippen LogP contribution in [0.25, 0.3) is 6.08 Å². The van der Waals surface area contributed by atoms with Crippen molar-refractivity contribution in [3.8, 4) is 0 Å². The highest BCUT2D eigenvalue weighted by molar-refractivity contribution is 5.91. The Morgan fingerprint density at radius 3 is 2.50 bits per heavy atom. The zero-order valence-corrected chi connectivity index (χ0v) is 20.2. The summed E-state index contributed by atoms with van der Waals surface area (Å²) in [6, 6.07) is 4.40. The fourth-order valence-corrected chi connectivity index (χ4v) is 5.52. The number of ether oxygens (including phenoxy) is 3. The molecule has 192 valence electrons. The number of esters is 3. The van der Waals surface area contributed by atoms with Gasteiger partial charge in [-0.3, -0.25) is 4.79 Å². The average Bonchev–Trinajstić information content (AvgIpc) is 3.22. The van der Waals surface area contributed by atoms with Crippen molar-refractivity contribution in [2.24, 2.45) is 11.8 Å². The molecule has 0 N–H and O–H groups in total. The van der Waals surface area contributed by atoms with E-state index in [-0.39, 0.29) is 11.8 Å². The van der Waals surface area contributed by atoms with Gasteiger partial charge in [0.2, 0.25) is 0 Å². The smallest absolute Gasteiger partial charge is 0.416 e. The number of alkyl halides is 3. The zero-order valence-electron chi connectivity index (χ0n) is 20.2. The maximum absolute atomic E-state index is 12.7. The molecule has 0 bridgehead atoms. The van der Waals surface area contributed by atoms with Crippen molar-refractivity contribution in [3.63, 3.8) is 0 Å². The Kier molecular flexibility index (Phi) is 6.62. The molecular formula is C27H27F3O6. The van der Waals surface area contributed by atoms with Crippen LogP contribution in [0.5, 0.6) is 0 Å². The minimum atomic E-state index is -4.44. The minimum Gasteiger partial charge on any atom is -0.459 e. The second kappa shape index (κ2) is 9.26. The molecule has 9 heteroatoms. The van der Waals surface area contributed by atoms with Crippen LogP contribution in [0.4, 0.5) is 13.2 Å². The molecule has 1 aliphatic heterocycles. The summed E-state index contributed by atoms with van der Waals surface area (Å²) in [7, 11) is 0. The van der Waals surface area contributed by atoms with Gasteiger partial charge >= 0.3 is 24.1 Å². The number of carbonyl (C=O) groups excluding carboxylic acids is 3. The van der Waals surface area contributed by atoms with Crippen molar-refractivity contribution in [2.75, 3.05) is 0 Å². The summed E-state index contributed by atoms with van der Waals surface area (Å²) in [6.07, 6.45) is -1.72. The third-order valence-corrected chi connectivity index (χ3v) is 7.35. The van der Waals surface area contributed by atoms with E-state index in [1.165, 1.54) is 25.1 Å². The standard InChI is InChI=1S/C27H27F3O6/c1-14-19-11-12-26(4,36-16(3)31)20-13-21(15(2)23(20)24(19)35-25(14)33)34-22(32)10-7-17-5-8-18(9-6-17)27(28,29)30/h5-10,19-21,24H,1,11-13H2,2-4H3/b10-7+/t19-,20?,21-,24-,26+/m0/s1. The number of halogens is 3. The summed E-state index contributed by atoms with van der Waals surface area (Å²) in [5.74, 6) is -2.14. The van der Waals surface area contributed by atoms with E-state index in [1.54, 1.807) is 6.92 Å². The molecule has 1 heterocycles. The van der Waals surface area contributed by atoms with Crippen LogP contribution in [0.1, 0.15) is 51.2 Å². The summed E-state index contributed by atoms with van der Waals surface area (Å²) < 4.78 is 55.3. The lowest BCUT2D eigenvalue weighted by Gasteiger charge is -2.35. The first-order valence-electron chi connectivity index (χ1n) is 11.7. The number of benzene rings is 1. The van der Waals surface area contributed by atoms with E-state index in [0.717, 1.165) is 29.4 Å². The highest BCUT2D eigenvalue weighted by atomic mass is 19.4. The van der Waals surface area contributed by atoms with Crippen molar-refractivity contribution >= 4 is 24.0 Å². The summed E-state index contributed by atoms with van der Waals surface area (Å²) in [5.41, 5.74) is 0.654. The molecule has 36 heavy (non-hydrogen) atoms. The van der Waals surface area contributed by atoms with Gasteiger partial charge in [0.1, 0.15) is 17.8 Å². The van der Waals surface area contributed by atoms with Crippen LogP contribution in [0.3, 0.4) is 0 Å². The summed E-state index contributed by atoms with van der Waals surface area (Å²) in [4.78, 5) is 36.8. The second-order valence-corrected chi connectivity index (χ2v) is 9.71. The van der Waals surface area contributed by atoms with Crippen molar-refractivity contribution in [3.05, 3.63) is 64.8 Å². The van der Waals surface area contributed by atoms with E-state index in [1.807, 2.05) is 6.92 Å². The van der Waals surface area contributed by atoms with Crippen molar-refractivity contribution in [1.82, 2.24) is 0 Å². The Labute approximate surface area is 206 Å². The van der Waals surface area contributed by atoms with E-state index in [4.69, 9.17) is 14.2 Å². The van der Waals surface area contributed by atoms with Gasteiger partial charge in [-0.15, -0.1) is 0 Å². The molecular weight excluding hydrogens is 477 g/mol. The minimum absolute atomic E-state index is 0.253. The molecule has 1 saturated heterocycles. The van der Waals surface area contributed by atoms with Gasteiger partial charge in [-0.2, -0.15) is 13.2 Å². The summed E-state index contributed by atoms with van der Waals surface area (Å²) in [6.45, 7) is 8.87. The molecule has 0 amide bonds. The molecule has 1 aromatic carbocycles. The maximum Gasteiger partial charge on any atom is 0.416 e. The van der Waals surface area contributed by atoms with Crippen LogP contribution in [-0.2, 0) is 34.8 Å². The summed E-state index contributed by atoms with van der Waals surface area (Å²) in [5, 5.41) is 0. The molecule has 0 spiro atoms. The highest BCUT2D eigenvalue weighted by Crippen LogP contribution is 2.53. The Balaban J connectivity index is 1.55. The lowest BCUT2D eigenvalue weighted by Crippen LogP contribution is -2.40. The van der Waals surface area contributed by atoms with E-state index in [2.05, 4.69) is 6.58 Å². The van der Waals surface area contributed by atoms with Crippen LogP contribution >= 0.6 is 0 Å². The maximum atomic E-state index is 12.7. The van der Waals surface area contributed by atoms with Crippen molar-refractivity contribution in [1.29, 1.82) is 0 Å². The fourth-order valence-electron chi connectivity index (χ4n) is 5.52. The number of rotatable bonds is 4. The first-order valence-corrected chi connectivity index (χ1v) is 11.7. The first-order chi connectivity index (χ1) is 16.8. The van der Waals surface area contributed by atoms with Crippen LogP contribution in [0, 0.1) is 11.8 Å². The molecule has 2 fully saturated rings. The molecule has 1 unspecified atom stereocenters. The Hall–Kier alpha value is -3.36. The van der Waals surface area contributed by atoms with Crippen LogP contribution in [0.15, 0.2) is 53.6 Å². The third kappa shape index (κ3) is 4.83. The molecule has 6 nitrogen and oxygen atoms in total. The number of fused-ring (bicyclic) bond motifs is 3. The monoisotopic (exact) mass is 504 g/mol. The molecule has 2 aliphatic carbocycles. The van der Waals surface area contributed by atoms with E-state index >= 15 is 0 Å². The molecule has 1 aromatic rings. The van der Waals surface area contributed by atoms with Crippen LogP contribution < -0.4 is 0 Å². The van der Waals surface area contributed by atoms with Crippen LogP contribution in [-0.4, -0.2) is 35.7 Å². The van der Waals surface area contributed by atoms with Crippen LogP contribution in [0.2, 0.25) is 0 Å².